The summed E-state index contributed by atoms with van der Waals surface area (Å²) in [5.41, 5.74) is 1.14. The van der Waals surface area contributed by atoms with E-state index in [4.69, 9.17) is 0 Å². The number of aromatic nitrogens is 1. The van der Waals surface area contributed by atoms with E-state index in [0.29, 0.717) is 5.78 Å². The summed E-state index contributed by atoms with van der Waals surface area (Å²) in [7, 11) is 0. The number of hydrogen-bond acceptors (Lipinski definition) is 5. The second-order valence-corrected chi connectivity index (χ2v) is 7.28. The average molecular weight is 306 g/mol. The third-order valence-corrected chi connectivity index (χ3v) is 5.40. The van der Waals surface area contributed by atoms with Crippen molar-refractivity contribution < 1.29 is 4.79 Å². The van der Waals surface area contributed by atoms with Crippen molar-refractivity contribution in [2.24, 2.45) is 5.92 Å². The number of carbonyl (C=O) groups is 1. The summed E-state index contributed by atoms with van der Waals surface area (Å²) >= 11 is 3.25. The van der Waals surface area contributed by atoms with Crippen molar-refractivity contribution in [1.82, 2.24) is 9.88 Å². The molecule has 1 saturated heterocycles. The topological polar surface area (TPSA) is 33.2 Å². The lowest BCUT2D eigenvalue weighted by atomic mass is 9.93. The number of thiophene rings is 1. The molecule has 1 unspecified atom stereocenters. The van der Waals surface area contributed by atoms with Gasteiger partial charge in [0.15, 0.2) is 5.78 Å². The smallest absolute Gasteiger partial charge is 0.177 e. The maximum Gasteiger partial charge on any atom is 0.177 e. The summed E-state index contributed by atoms with van der Waals surface area (Å²) in [6.45, 7) is 4.85. The minimum Gasteiger partial charge on any atom is -0.297 e. The molecule has 0 amide bonds. The van der Waals surface area contributed by atoms with E-state index in [2.05, 4.69) is 15.3 Å². The Morgan fingerprint density at radius 3 is 3.10 bits per heavy atom. The van der Waals surface area contributed by atoms with E-state index in [-0.39, 0.29) is 5.92 Å². The van der Waals surface area contributed by atoms with Gasteiger partial charge in [-0.3, -0.25) is 9.69 Å². The molecular formula is C15H18N2OS2. The molecule has 20 heavy (non-hydrogen) atoms. The van der Waals surface area contributed by atoms with Gasteiger partial charge >= 0.3 is 0 Å². The molecule has 1 fully saturated rings. The van der Waals surface area contributed by atoms with Crippen LogP contribution in [-0.4, -0.2) is 28.8 Å². The third kappa shape index (κ3) is 3.16. The molecule has 0 spiro atoms. The number of ketones is 1. The quantitative estimate of drug-likeness (QED) is 0.809. The fourth-order valence-electron chi connectivity index (χ4n) is 2.74. The van der Waals surface area contributed by atoms with Gasteiger partial charge < -0.3 is 0 Å². The molecule has 5 heteroatoms. The monoisotopic (exact) mass is 306 g/mol. The van der Waals surface area contributed by atoms with Crippen LogP contribution in [0.3, 0.4) is 0 Å². The minimum atomic E-state index is 0.155. The van der Waals surface area contributed by atoms with Gasteiger partial charge in [0, 0.05) is 24.4 Å². The average Bonchev–Trinajstić information content (AvgIpc) is 3.10. The Bertz CT molecular complexity index is 576. The number of aryl methyl sites for hydroxylation is 1. The second-order valence-electron chi connectivity index (χ2n) is 5.27. The number of likely N-dealkylation sites (tertiary alicyclic amines) is 1. The minimum absolute atomic E-state index is 0.155. The van der Waals surface area contributed by atoms with Gasteiger partial charge in [0.25, 0.3) is 0 Å². The van der Waals surface area contributed by atoms with Crippen LogP contribution in [0.2, 0.25) is 0 Å². The van der Waals surface area contributed by atoms with Crippen LogP contribution in [0.5, 0.6) is 0 Å². The highest BCUT2D eigenvalue weighted by Gasteiger charge is 2.27. The summed E-state index contributed by atoms with van der Waals surface area (Å²) in [5, 5.41) is 5.22. The van der Waals surface area contributed by atoms with E-state index in [1.54, 1.807) is 22.7 Å². The van der Waals surface area contributed by atoms with Crippen LogP contribution >= 0.6 is 22.7 Å². The normalized spacial score (nSPS) is 20.1. The maximum absolute atomic E-state index is 12.4. The predicted octanol–water partition coefficient (Wildman–Crippen LogP) is 3.61. The lowest BCUT2D eigenvalue weighted by Gasteiger charge is -2.31. The molecule has 1 atom stereocenters. The molecule has 0 aliphatic carbocycles. The Kier molecular flexibility index (Phi) is 4.29. The zero-order valence-electron chi connectivity index (χ0n) is 11.5. The molecule has 0 saturated carbocycles. The van der Waals surface area contributed by atoms with Gasteiger partial charge in [-0.1, -0.05) is 6.07 Å². The lowest BCUT2D eigenvalue weighted by molar-refractivity contribution is 0.0814. The highest BCUT2D eigenvalue weighted by molar-refractivity contribution is 7.12. The van der Waals surface area contributed by atoms with E-state index >= 15 is 0 Å². The van der Waals surface area contributed by atoms with Gasteiger partial charge in [-0.25, -0.2) is 4.98 Å². The molecule has 0 N–H and O–H groups in total. The zero-order chi connectivity index (χ0) is 13.9. The number of thiazole rings is 1. The summed E-state index contributed by atoms with van der Waals surface area (Å²) in [6, 6.07) is 3.90. The SMILES string of the molecule is Cc1nc(CN2CCCC(C(=O)c3cccs3)C2)cs1. The molecule has 1 aliphatic heterocycles. The Balaban J connectivity index is 1.63. The van der Waals surface area contributed by atoms with Crippen LogP contribution in [0.4, 0.5) is 0 Å². The number of hydrogen-bond donors (Lipinski definition) is 0. The summed E-state index contributed by atoms with van der Waals surface area (Å²) < 4.78 is 0. The first-order chi connectivity index (χ1) is 9.72. The highest BCUT2D eigenvalue weighted by atomic mass is 32.1. The van der Waals surface area contributed by atoms with Crippen molar-refractivity contribution in [3.05, 3.63) is 38.5 Å². The fraction of sp³-hybridized carbons (Fsp3) is 0.467. The lowest BCUT2D eigenvalue weighted by Crippen LogP contribution is -2.38. The van der Waals surface area contributed by atoms with Gasteiger partial charge in [-0.2, -0.15) is 0 Å². The van der Waals surface area contributed by atoms with E-state index < -0.39 is 0 Å². The number of nitrogens with zero attached hydrogens (tertiary/aromatic N) is 2. The summed E-state index contributed by atoms with van der Waals surface area (Å²) in [4.78, 5) is 20.2. The van der Waals surface area contributed by atoms with Crippen molar-refractivity contribution >= 4 is 28.5 Å². The third-order valence-electron chi connectivity index (χ3n) is 3.69. The van der Waals surface area contributed by atoms with Crippen molar-refractivity contribution in [2.45, 2.75) is 26.3 Å². The molecule has 106 valence electrons. The van der Waals surface area contributed by atoms with Gasteiger partial charge in [-0.15, -0.1) is 22.7 Å². The van der Waals surface area contributed by atoms with Crippen LogP contribution in [0.25, 0.3) is 0 Å². The number of rotatable bonds is 4. The number of piperidine rings is 1. The molecule has 3 nitrogen and oxygen atoms in total. The number of carbonyl (C=O) groups excluding carboxylic acids is 1. The van der Waals surface area contributed by atoms with E-state index in [0.717, 1.165) is 48.1 Å². The maximum atomic E-state index is 12.4. The van der Waals surface area contributed by atoms with Crippen molar-refractivity contribution in [3.8, 4) is 0 Å². The first-order valence-corrected chi connectivity index (χ1v) is 8.69. The molecule has 0 radical (unpaired) electrons. The first-order valence-electron chi connectivity index (χ1n) is 6.93. The van der Waals surface area contributed by atoms with Gasteiger partial charge in [0.1, 0.15) is 0 Å². The Labute approximate surface area is 127 Å². The molecule has 1 aliphatic rings. The van der Waals surface area contributed by atoms with Gasteiger partial charge in [0.05, 0.1) is 15.6 Å². The van der Waals surface area contributed by atoms with Gasteiger partial charge in [0.2, 0.25) is 0 Å². The summed E-state index contributed by atoms with van der Waals surface area (Å²) in [5.74, 6) is 0.473. The molecule has 2 aromatic heterocycles. The standard InChI is InChI=1S/C15H18N2OS2/c1-11-16-13(10-20-11)9-17-6-2-4-12(8-17)15(18)14-5-3-7-19-14/h3,5,7,10,12H,2,4,6,8-9H2,1H3. The zero-order valence-corrected chi connectivity index (χ0v) is 13.2. The molecule has 2 aromatic rings. The van der Waals surface area contributed by atoms with E-state index in [9.17, 15) is 4.79 Å². The van der Waals surface area contributed by atoms with Gasteiger partial charge in [-0.05, 0) is 37.8 Å². The van der Waals surface area contributed by atoms with Crippen molar-refractivity contribution in [3.63, 3.8) is 0 Å². The molecule has 0 bridgehead atoms. The van der Waals surface area contributed by atoms with Crippen LogP contribution in [0.1, 0.15) is 33.2 Å². The van der Waals surface area contributed by atoms with Crippen molar-refractivity contribution in [1.29, 1.82) is 0 Å². The summed E-state index contributed by atoms with van der Waals surface area (Å²) in [6.07, 6.45) is 2.12. The Hall–Kier alpha value is -1.04. The Morgan fingerprint density at radius 1 is 1.50 bits per heavy atom. The van der Waals surface area contributed by atoms with E-state index in [1.807, 2.05) is 24.4 Å². The molecule has 3 rings (SSSR count). The predicted molar refractivity (Wildman–Crippen MR) is 83.5 cm³/mol. The second kappa shape index (κ2) is 6.16. The molecular weight excluding hydrogens is 288 g/mol. The number of Topliss-reactive ketones (excluding diaryl/α,β-unsaturated/α-hetero) is 1. The van der Waals surface area contributed by atoms with Crippen LogP contribution in [0, 0.1) is 12.8 Å². The Morgan fingerprint density at radius 2 is 2.40 bits per heavy atom. The molecule has 3 heterocycles. The highest BCUT2D eigenvalue weighted by Crippen LogP contribution is 2.24. The van der Waals surface area contributed by atoms with Crippen LogP contribution in [-0.2, 0) is 6.54 Å². The molecule has 0 aromatic carbocycles. The largest absolute Gasteiger partial charge is 0.297 e. The van der Waals surface area contributed by atoms with Crippen LogP contribution < -0.4 is 0 Å². The van der Waals surface area contributed by atoms with Crippen LogP contribution in [0.15, 0.2) is 22.9 Å². The first kappa shape index (κ1) is 13.9. The van der Waals surface area contributed by atoms with E-state index in [1.165, 1.54) is 0 Å². The fourth-order valence-corrected chi connectivity index (χ4v) is 4.09. The van der Waals surface area contributed by atoms with Crippen molar-refractivity contribution in [2.75, 3.05) is 13.1 Å².